The van der Waals surface area contributed by atoms with Gasteiger partial charge in [0.1, 0.15) is 0 Å². The van der Waals surface area contributed by atoms with Crippen LogP contribution in [-0.4, -0.2) is 23.0 Å². The molecule has 2 unspecified atom stereocenters. The minimum Gasteiger partial charge on any atom is -0.478 e. The number of anilines is 1. The molecule has 5 nitrogen and oxygen atoms in total. The number of nitrogens with two attached hydrogens (primary N) is 1. The van der Waals surface area contributed by atoms with Crippen LogP contribution in [0.4, 0.5) is 5.69 Å². The third-order valence-electron chi connectivity index (χ3n) is 4.01. The molecule has 1 aliphatic carbocycles. The number of carbonyl (C=O) groups excluding carboxylic acids is 1. The number of carboxylic acid groups (broad SMARTS) is 1. The van der Waals surface area contributed by atoms with Crippen molar-refractivity contribution in [1.82, 2.24) is 0 Å². The zero-order valence-electron chi connectivity index (χ0n) is 11.8. The fraction of sp³-hybridized carbons (Fsp3) is 0.467. The molecule has 1 aromatic rings. The summed E-state index contributed by atoms with van der Waals surface area (Å²) in [6.45, 7) is 3.60. The second kappa shape index (κ2) is 5.63. The highest BCUT2D eigenvalue weighted by molar-refractivity contribution is 5.96. The normalized spacial score (nSPS) is 21.8. The van der Waals surface area contributed by atoms with Crippen molar-refractivity contribution in [2.24, 2.45) is 11.7 Å². The number of amides is 1. The smallest absolute Gasteiger partial charge is 0.336 e. The average Bonchev–Trinajstić information content (AvgIpc) is 2.80. The minimum atomic E-state index is -0.982. The molecule has 0 bridgehead atoms. The van der Waals surface area contributed by atoms with Crippen molar-refractivity contribution in [3.63, 3.8) is 0 Å². The Hall–Kier alpha value is -1.88. The topological polar surface area (TPSA) is 92.4 Å². The Kier molecular flexibility index (Phi) is 4.09. The van der Waals surface area contributed by atoms with Gasteiger partial charge < -0.3 is 16.2 Å². The van der Waals surface area contributed by atoms with Crippen LogP contribution in [0.2, 0.25) is 0 Å². The molecule has 2 atom stereocenters. The van der Waals surface area contributed by atoms with Crippen LogP contribution in [0.1, 0.15) is 40.7 Å². The minimum absolute atomic E-state index is 0.0695. The number of hydrogen-bond acceptors (Lipinski definition) is 3. The third-order valence-corrected chi connectivity index (χ3v) is 4.01. The largest absolute Gasteiger partial charge is 0.478 e. The van der Waals surface area contributed by atoms with Gasteiger partial charge in [0.2, 0.25) is 5.91 Å². The molecule has 2 rings (SSSR count). The van der Waals surface area contributed by atoms with Crippen molar-refractivity contribution < 1.29 is 14.7 Å². The maximum atomic E-state index is 12.1. The molecule has 1 fully saturated rings. The Bertz CT molecular complexity index is 554. The molecular weight excluding hydrogens is 256 g/mol. The van der Waals surface area contributed by atoms with Crippen molar-refractivity contribution >= 4 is 17.6 Å². The van der Waals surface area contributed by atoms with Gasteiger partial charge in [-0.1, -0.05) is 0 Å². The van der Waals surface area contributed by atoms with Crippen LogP contribution < -0.4 is 11.1 Å². The number of carboxylic acids is 1. The van der Waals surface area contributed by atoms with Crippen LogP contribution in [0.5, 0.6) is 0 Å². The first-order chi connectivity index (χ1) is 9.38. The highest BCUT2D eigenvalue weighted by atomic mass is 16.4. The Morgan fingerprint density at radius 1 is 1.30 bits per heavy atom. The van der Waals surface area contributed by atoms with Crippen LogP contribution in [0, 0.1) is 19.8 Å². The summed E-state index contributed by atoms with van der Waals surface area (Å²) in [6, 6.07) is 3.41. The van der Waals surface area contributed by atoms with E-state index in [1.54, 1.807) is 13.0 Å². The van der Waals surface area contributed by atoms with Gasteiger partial charge >= 0.3 is 5.97 Å². The Morgan fingerprint density at radius 3 is 2.55 bits per heavy atom. The first-order valence-electron chi connectivity index (χ1n) is 6.79. The van der Waals surface area contributed by atoms with Gasteiger partial charge in [-0.25, -0.2) is 4.79 Å². The molecule has 1 aliphatic rings. The molecule has 1 saturated carbocycles. The summed E-state index contributed by atoms with van der Waals surface area (Å²) in [5.74, 6) is -1.12. The highest BCUT2D eigenvalue weighted by Gasteiger charge is 2.28. The van der Waals surface area contributed by atoms with Crippen molar-refractivity contribution in [2.45, 2.75) is 39.2 Å². The molecule has 4 N–H and O–H groups in total. The summed E-state index contributed by atoms with van der Waals surface area (Å²) < 4.78 is 0. The van der Waals surface area contributed by atoms with Gasteiger partial charge in [0.05, 0.1) is 5.56 Å². The van der Waals surface area contributed by atoms with Crippen molar-refractivity contribution in [3.05, 3.63) is 28.8 Å². The summed E-state index contributed by atoms with van der Waals surface area (Å²) in [4.78, 5) is 23.3. The Labute approximate surface area is 118 Å². The predicted octanol–water partition coefficient (Wildman–Crippen LogP) is 2.07. The molecule has 1 amide bonds. The molecule has 0 aliphatic heterocycles. The van der Waals surface area contributed by atoms with Crippen molar-refractivity contribution in [1.29, 1.82) is 0 Å². The first-order valence-corrected chi connectivity index (χ1v) is 6.79. The van der Waals surface area contributed by atoms with E-state index in [4.69, 9.17) is 10.8 Å². The molecule has 0 radical (unpaired) electrons. The summed E-state index contributed by atoms with van der Waals surface area (Å²) in [7, 11) is 0. The van der Waals surface area contributed by atoms with Gasteiger partial charge in [0, 0.05) is 17.6 Å². The lowest BCUT2D eigenvalue weighted by molar-refractivity contribution is -0.119. The number of hydrogen-bond donors (Lipinski definition) is 3. The summed E-state index contributed by atoms with van der Waals surface area (Å²) in [5, 5.41) is 12.0. The number of nitrogens with one attached hydrogen (secondary N) is 1. The Balaban J connectivity index is 2.17. The highest BCUT2D eigenvalue weighted by Crippen LogP contribution is 2.26. The monoisotopic (exact) mass is 276 g/mol. The van der Waals surface area contributed by atoms with Gasteiger partial charge in [-0.15, -0.1) is 0 Å². The lowest BCUT2D eigenvalue weighted by atomic mass is 10.0. The van der Waals surface area contributed by atoms with Crippen LogP contribution in [-0.2, 0) is 4.79 Å². The summed E-state index contributed by atoms with van der Waals surface area (Å²) in [5.41, 5.74) is 8.14. The molecule has 0 saturated heterocycles. The standard InChI is InChI=1S/C15H20N2O3/c1-8-5-12(7-13(9(8)2)15(19)20)17-14(18)10-3-4-11(16)6-10/h5,7,10-11H,3-4,6,16H2,1-2H3,(H,17,18)(H,19,20). The molecule has 108 valence electrons. The number of carbonyl (C=O) groups is 2. The molecule has 5 heteroatoms. The van der Waals surface area contributed by atoms with Crippen LogP contribution >= 0.6 is 0 Å². The van der Waals surface area contributed by atoms with Crippen LogP contribution in [0.15, 0.2) is 12.1 Å². The van der Waals surface area contributed by atoms with Gasteiger partial charge in [-0.2, -0.15) is 0 Å². The number of aryl methyl sites for hydroxylation is 1. The van der Waals surface area contributed by atoms with Crippen LogP contribution in [0.3, 0.4) is 0 Å². The fourth-order valence-corrected chi connectivity index (χ4v) is 2.65. The van der Waals surface area contributed by atoms with E-state index in [2.05, 4.69) is 5.32 Å². The van der Waals surface area contributed by atoms with Crippen molar-refractivity contribution in [2.75, 3.05) is 5.32 Å². The SMILES string of the molecule is Cc1cc(NC(=O)C2CCC(N)C2)cc(C(=O)O)c1C. The molecule has 0 spiro atoms. The van der Waals surface area contributed by atoms with E-state index in [1.165, 1.54) is 6.07 Å². The lowest BCUT2D eigenvalue weighted by Crippen LogP contribution is -2.23. The zero-order valence-corrected chi connectivity index (χ0v) is 11.8. The van der Waals surface area contributed by atoms with Gasteiger partial charge in [0.25, 0.3) is 0 Å². The van der Waals surface area contributed by atoms with E-state index in [9.17, 15) is 9.59 Å². The van der Waals surface area contributed by atoms with E-state index in [0.29, 0.717) is 12.1 Å². The third kappa shape index (κ3) is 2.99. The predicted molar refractivity (Wildman–Crippen MR) is 76.8 cm³/mol. The number of aromatic carboxylic acids is 1. The van der Waals surface area contributed by atoms with Gasteiger partial charge in [-0.05, 0) is 56.4 Å². The summed E-state index contributed by atoms with van der Waals surface area (Å²) >= 11 is 0. The maximum absolute atomic E-state index is 12.1. The zero-order chi connectivity index (χ0) is 14.9. The maximum Gasteiger partial charge on any atom is 0.336 e. The summed E-state index contributed by atoms with van der Waals surface area (Å²) in [6.07, 6.45) is 2.36. The second-order valence-electron chi connectivity index (χ2n) is 5.53. The molecule has 0 aromatic heterocycles. The van der Waals surface area contributed by atoms with E-state index in [1.807, 2.05) is 6.92 Å². The van der Waals surface area contributed by atoms with Crippen molar-refractivity contribution in [3.8, 4) is 0 Å². The van der Waals surface area contributed by atoms with E-state index >= 15 is 0 Å². The lowest BCUT2D eigenvalue weighted by Gasteiger charge is -2.13. The first kappa shape index (κ1) is 14.5. The molecular formula is C15H20N2O3. The van der Waals surface area contributed by atoms with Gasteiger partial charge in [0.15, 0.2) is 0 Å². The average molecular weight is 276 g/mol. The second-order valence-corrected chi connectivity index (χ2v) is 5.53. The molecule has 1 aromatic carbocycles. The quantitative estimate of drug-likeness (QED) is 0.788. The number of benzene rings is 1. The molecule has 0 heterocycles. The fourth-order valence-electron chi connectivity index (χ4n) is 2.65. The van der Waals surface area contributed by atoms with E-state index in [-0.39, 0.29) is 23.4 Å². The Morgan fingerprint density at radius 2 is 2.00 bits per heavy atom. The van der Waals surface area contributed by atoms with E-state index in [0.717, 1.165) is 24.0 Å². The molecule has 20 heavy (non-hydrogen) atoms. The van der Waals surface area contributed by atoms with Gasteiger partial charge in [-0.3, -0.25) is 4.79 Å². The van der Waals surface area contributed by atoms with Crippen LogP contribution in [0.25, 0.3) is 0 Å². The van der Waals surface area contributed by atoms with E-state index < -0.39 is 5.97 Å². The number of rotatable bonds is 3.